The average molecular weight is 145 g/mol. The van der Waals surface area contributed by atoms with Crippen molar-refractivity contribution in [2.24, 2.45) is 16.5 Å². The minimum Gasteiger partial charge on any atom is -0.396 e. The van der Waals surface area contributed by atoms with Gasteiger partial charge >= 0.3 is 0 Å². The average Bonchev–Trinajstić information content (AvgIpc) is 1.86. The first-order valence-electron chi connectivity index (χ1n) is 3.40. The summed E-state index contributed by atoms with van der Waals surface area (Å²) in [4.78, 5) is 3.90. The van der Waals surface area contributed by atoms with Gasteiger partial charge in [-0.2, -0.15) is 0 Å². The highest BCUT2D eigenvalue weighted by molar-refractivity contribution is 5.75. The predicted molar refractivity (Wildman–Crippen MR) is 41.6 cm³/mol. The second kappa shape index (κ2) is 5.05. The van der Waals surface area contributed by atoms with Crippen LogP contribution in [0.4, 0.5) is 0 Å². The molecule has 0 fully saturated rings. The molecular formula is C6H15N3O. The number of nitrogens with two attached hydrogens (primary N) is 2. The Balaban J connectivity index is 3.71. The Kier molecular flexibility index (Phi) is 4.66. The van der Waals surface area contributed by atoms with Crippen LogP contribution in [0.2, 0.25) is 0 Å². The van der Waals surface area contributed by atoms with E-state index in [0.717, 1.165) is 6.42 Å². The van der Waals surface area contributed by atoms with Crippen LogP contribution in [0, 0.1) is 0 Å². The van der Waals surface area contributed by atoms with Crippen molar-refractivity contribution in [3.05, 3.63) is 0 Å². The molecule has 0 amide bonds. The van der Waals surface area contributed by atoms with Gasteiger partial charge in [-0.1, -0.05) is 6.92 Å². The fourth-order valence-corrected chi connectivity index (χ4v) is 0.720. The van der Waals surface area contributed by atoms with Crippen molar-refractivity contribution in [3.63, 3.8) is 0 Å². The summed E-state index contributed by atoms with van der Waals surface area (Å²) < 4.78 is 0. The lowest BCUT2D eigenvalue weighted by molar-refractivity contribution is 0.275. The van der Waals surface area contributed by atoms with E-state index in [1.165, 1.54) is 0 Å². The number of hydrogen-bond donors (Lipinski definition) is 3. The maximum Gasteiger partial charge on any atom is 0.186 e. The van der Waals surface area contributed by atoms with Gasteiger partial charge in [0.15, 0.2) is 5.96 Å². The zero-order chi connectivity index (χ0) is 7.98. The molecule has 0 rings (SSSR count). The van der Waals surface area contributed by atoms with Gasteiger partial charge in [-0.05, 0) is 12.8 Å². The highest BCUT2D eigenvalue weighted by Gasteiger charge is 2.01. The molecule has 0 saturated heterocycles. The first-order chi connectivity index (χ1) is 4.70. The Morgan fingerprint density at radius 3 is 2.50 bits per heavy atom. The molecule has 5 N–H and O–H groups in total. The van der Waals surface area contributed by atoms with Gasteiger partial charge in [0.2, 0.25) is 0 Å². The van der Waals surface area contributed by atoms with E-state index in [1.807, 2.05) is 6.92 Å². The SMILES string of the molecule is CCC(CCO)N=C(N)N. The molecular weight excluding hydrogens is 130 g/mol. The number of nitrogens with zero attached hydrogens (tertiary/aromatic N) is 1. The van der Waals surface area contributed by atoms with Crippen molar-refractivity contribution in [3.8, 4) is 0 Å². The van der Waals surface area contributed by atoms with Gasteiger partial charge < -0.3 is 16.6 Å². The number of hydrogen-bond acceptors (Lipinski definition) is 2. The van der Waals surface area contributed by atoms with Crippen LogP contribution in [0.15, 0.2) is 4.99 Å². The highest BCUT2D eigenvalue weighted by Crippen LogP contribution is 2.00. The fraction of sp³-hybridized carbons (Fsp3) is 0.833. The van der Waals surface area contributed by atoms with Crippen LogP contribution in [0.1, 0.15) is 19.8 Å². The zero-order valence-electron chi connectivity index (χ0n) is 6.25. The second-order valence-electron chi connectivity index (χ2n) is 2.13. The predicted octanol–water partition coefficient (Wildman–Crippen LogP) is -0.579. The monoisotopic (exact) mass is 145 g/mol. The molecule has 0 aromatic heterocycles. The number of aliphatic hydroxyl groups is 1. The lowest BCUT2D eigenvalue weighted by atomic mass is 10.2. The molecule has 0 aromatic rings. The molecule has 0 aliphatic rings. The first kappa shape index (κ1) is 9.23. The van der Waals surface area contributed by atoms with Gasteiger partial charge in [-0.3, -0.25) is 4.99 Å². The molecule has 4 nitrogen and oxygen atoms in total. The highest BCUT2D eigenvalue weighted by atomic mass is 16.3. The number of aliphatic hydroxyl groups excluding tert-OH is 1. The van der Waals surface area contributed by atoms with E-state index in [4.69, 9.17) is 16.6 Å². The Morgan fingerprint density at radius 1 is 1.60 bits per heavy atom. The molecule has 0 bridgehead atoms. The van der Waals surface area contributed by atoms with E-state index >= 15 is 0 Å². The topological polar surface area (TPSA) is 84.6 Å². The van der Waals surface area contributed by atoms with E-state index in [2.05, 4.69) is 4.99 Å². The molecule has 1 atom stereocenters. The van der Waals surface area contributed by atoms with Crippen molar-refractivity contribution in [2.75, 3.05) is 6.61 Å². The van der Waals surface area contributed by atoms with E-state index in [-0.39, 0.29) is 18.6 Å². The summed E-state index contributed by atoms with van der Waals surface area (Å²) >= 11 is 0. The molecule has 0 aliphatic heterocycles. The largest absolute Gasteiger partial charge is 0.396 e. The third kappa shape index (κ3) is 4.14. The molecule has 1 unspecified atom stereocenters. The Bertz CT molecular complexity index is 110. The maximum absolute atomic E-state index is 8.53. The summed E-state index contributed by atoms with van der Waals surface area (Å²) in [6.07, 6.45) is 1.49. The van der Waals surface area contributed by atoms with Crippen molar-refractivity contribution in [1.82, 2.24) is 0 Å². The molecule has 0 aromatic carbocycles. The normalized spacial score (nSPS) is 12.6. The van der Waals surface area contributed by atoms with Gasteiger partial charge in [0.05, 0.1) is 6.04 Å². The summed E-state index contributed by atoms with van der Waals surface area (Å²) in [5.41, 5.74) is 10.3. The summed E-state index contributed by atoms with van der Waals surface area (Å²) in [6, 6.07) is 0.0787. The number of aliphatic imine (C=N–C) groups is 1. The van der Waals surface area contributed by atoms with Crippen molar-refractivity contribution < 1.29 is 5.11 Å². The van der Waals surface area contributed by atoms with Crippen molar-refractivity contribution in [1.29, 1.82) is 0 Å². The van der Waals surface area contributed by atoms with Crippen LogP contribution < -0.4 is 11.5 Å². The Labute approximate surface area is 60.9 Å². The van der Waals surface area contributed by atoms with Crippen molar-refractivity contribution >= 4 is 5.96 Å². The Hall–Kier alpha value is -0.770. The van der Waals surface area contributed by atoms with Crippen LogP contribution in [0.25, 0.3) is 0 Å². The molecule has 10 heavy (non-hydrogen) atoms. The standard InChI is InChI=1S/C6H15N3O/c1-2-5(3-4-10)9-6(7)8/h5,10H,2-4H2,1H3,(H4,7,8,9). The lowest BCUT2D eigenvalue weighted by Crippen LogP contribution is -2.25. The van der Waals surface area contributed by atoms with Crippen molar-refractivity contribution in [2.45, 2.75) is 25.8 Å². The Morgan fingerprint density at radius 2 is 2.20 bits per heavy atom. The van der Waals surface area contributed by atoms with E-state index in [9.17, 15) is 0 Å². The van der Waals surface area contributed by atoms with Gasteiger partial charge in [-0.15, -0.1) is 0 Å². The van der Waals surface area contributed by atoms with Crippen LogP contribution in [0.3, 0.4) is 0 Å². The lowest BCUT2D eigenvalue weighted by Gasteiger charge is -2.06. The van der Waals surface area contributed by atoms with Crippen LogP contribution >= 0.6 is 0 Å². The number of guanidine groups is 1. The molecule has 0 spiro atoms. The third-order valence-electron chi connectivity index (χ3n) is 1.27. The fourth-order valence-electron chi connectivity index (χ4n) is 0.720. The summed E-state index contributed by atoms with van der Waals surface area (Å²) in [5.74, 6) is 0.0975. The van der Waals surface area contributed by atoms with Gasteiger partial charge in [0.1, 0.15) is 0 Å². The first-order valence-corrected chi connectivity index (χ1v) is 3.40. The minimum atomic E-state index is 0.0787. The quantitative estimate of drug-likeness (QED) is 0.365. The molecule has 0 saturated carbocycles. The minimum absolute atomic E-state index is 0.0787. The van der Waals surface area contributed by atoms with E-state index in [1.54, 1.807) is 0 Å². The van der Waals surface area contributed by atoms with E-state index < -0.39 is 0 Å². The van der Waals surface area contributed by atoms with Crippen LogP contribution in [-0.2, 0) is 0 Å². The zero-order valence-corrected chi connectivity index (χ0v) is 6.25. The molecule has 4 heteroatoms. The number of rotatable bonds is 4. The third-order valence-corrected chi connectivity index (χ3v) is 1.27. The summed E-state index contributed by atoms with van der Waals surface area (Å²) in [7, 11) is 0. The van der Waals surface area contributed by atoms with Gasteiger partial charge in [0, 0.05) is 6.61 Å². The van der Waals surface area contributed by atoms with Gasteiger partial charge in [0.25, 0.3) is 0 Å². The van der Waals surface area contributed by atoms with Crippen LogP contribution in [-0.4, -0.2) is 23.7 Å². The molecule has 60 valence electrons. The summed E-state index contributed by atoms with van der Waals surface area (Å²) in [6.45, 7) is 2.11. The van der Waals surface area contributed by atoms with Gasteiger partial charge in [-0.25, -0.2) is 0 Å². The molecule has 0 heterocycles. The smallest absolute Gasteiger partial charge is 0.186 e. The molecule has 0 radical (unpaired) electrons. The van der Waals surface area contributed by atoms with E-state index in [0.29, 0.717) is 6.42 Å². The molecule has 0 aliphatic carbocycles. The second-order valence-corrected chi connectivity index (χ2v) is 2.13. The summed E-state index contributed by atoms with van der Waals surface area (Å²) in [5, 5.41) is 8.53. The maximum atomic E-state index is 8.53. The van der Waals surface area contributed by atoms with Crippen LogP contribution in [0.5, 0.6) is 0 Å².